The third-order valence-electron chi connectivity index (χ3n) is 2.53. The Balaban J connectivity index is 2.11. The van der Waals surface area contributed by atoms with E-state index in [0.29, 0.717) is 5.92 Å². The highest BCUT2D eigenvalue weighted by Gasteiger charge is 2.13. The minimum atomic E-state index is 0.403. The SMILES string of the molecule is CCN(Cc1cccs1)c1nc(C(C)C)ns1. The van der Waals surface area contributed by atoms with Crippen LogP contribution in [0.5, 0.6) is 0 Å². The zero-order valence-corrected chi connectivity index (χ0v) is 12.0. The van der Waals surface area contributed by atoms with Crippen molar-refractivity contribution >= 4 is 28.0 Å². The van der Waals surface area contributed by atoms with Crippen molar-refractivity contribution in [2.75, 3.05) is 11.4 Å². The molecular formula is C12H17N3S2. The second kappa shape index (κ2) is 5.60. The van der Waals surface area contributed by atoms with Gasteiger partial charge in [-0.25, -0.2) is 4.98 Å². The summed E-state index contributed by atoms with van der Waals surface area (Å²) in [7, 11) is 0. The number of anilines is 1. The summed E-state index contributed by atoms with van der Waals surface area (Å²) in [6.45, 7) is 8.30. The van der Waals surface area contributed by atoms with Gasteiger partial charge >= 0.3 is 0 Å². The van der Waals surface area contributed by atoms with E-state index >= 15 is 0 Å². The molecule has 0 saturated carbocycles. The van der Waals surface area contributed by atoms with Crippen LogP contribution in [0.25, 0.3) is 0 Å². The summed E-state index contributed by atoms with van der Waals surface area (Å²) >= 11 is 3.29. The van der Waals surface area contributed by atoms with Gasteiger partial charge in [-0.05, 0) is 18.4 Å². The average molecular weight is 267 g/mol. The van der Waals surface area contributed by atoms with Crippen LogP contribution in [0.15, 0.2) is 17.5 Å². The van der Waals surface area contributed by atoms with Gasteiger partial charge in [0.05, 0.1) is 6.54 Å². The summed E-state index contributed by atoms with van der Waals surface area (Å²) in [5, 5.41) is 3.15. The normalized spacial score (nSPS) is 11.1. The molecule has 0 aliphatic carbocycles. The molecule has 0 atom stereocenters. The Bertz CT molecular complexity index is 448. The molecule has 2 aromatic heterocycles. The minimum Gasteiger partial charge on any atom is -0.342 e. The van der Waals surface area contributed by atoms with E-state index in [9.17, 15) is 0 Å². The summed E-state index contributed by atoms with van der Waals surface area (Å²) in [4.78, 5) is 8.24. The number of hydrogen-bond acceptors (Lipinski definition) is 5. The van der Waals surface area contributed by atoms with Crippen LogP contribution in [-0.2, 0) is 6.54 Å². The number of nitrogens with zero attached hydrogens (tertiary/aromatic N) is 3. The molecule has 0 aliphatic heterocycles. The standard InChI is InChI=1S/C12H17N3S2/c1-4-15(8-10-6-5-7-16-10)12-13-11(9(2)3)14-17-12/h5-7,9H,4,8H2,1-3H3. The lowest BCUT2D eigenvalue weighted by atomic mass is 10.2. The molecule has 17 heavy (non-hydrogen) atoms. The van der Waals surface area contributed by atoms with Crippen molar-refractivity contribution in [3.8, 4) is 0 Å². The summed E-state index contributed by atoms with van der Waals surface area (Å²) in [6.07, 6.45) is 0. The van der Waals surface area contributed by atoms with E-state index in [1.54, 1.807) is 11.3 Å². The zero-order chi connectivity index (χ0) is 12.3. The lowest BCUT2D eigenvalue weighted by Crippen LogP contribution is -2.21. The fourth-order valence-corrected chi connectivity index (χ4v) is 3.08. The molecular weight excluding hydrogens is 250 g/mol. The predicted molar refractivity (Wildman–Crippen MR) is 75.0 cm³/mol. The Morgan fingerprint density at radius 1 is 1.41 bits per heavy atom. The molecule has 0 bridgehead atoms. The first-order chi connectivity index (χ1) is 8.20. The second-order valence-corrected chi connectivity index (χ2v) is 5.95. The maximum atomic E-state index is 4.60. The van der Waals surface area contributed by atoms with Crippen molar-refractivity contribution in [2.45, 2.75) is 33.2 Å². The van der Waals surface area contributed by atoms with E-state index in [1.807, 2.05) is 0 Å². The Kier molecular flexibility index (Phi) is 4.12. The van der Waals surface area contributed by atoms with E-state index in [2.05, 4.69) is 52.5 Å². The van der Waals surface area contributed by atoms with Crippen molar-refractivity contribution < 1.29 is 0 Å². The Morgan fingerprint density at radius 3 is 2.76 bits per heavy atom. The largest absolute Gasteiger partial charge is 0.342 e. The van der Waals surface area contributed by atoms with Gasteiger partial charge in [0.2, 0.25) is 5.13 Å². The lowest BCUT2D eigenvalue weighted by molar-refractivity contribution is 0.781. The molecule has 0 N–H and O–H groups in total. The summed E-state index contributed by atoms with van der Waals surface area (Å²) in [5.74, 6) is 1.36. The predicted octanol–water partition coefficient (Wildman–Crippen LogP) is 3.75. The van der Waals surface area contributed by atoms with Crippen LogP contribution < -0.4 is 4.90 Å². The van der Waals surface area contributed by atoms with E-state index in [1.165, 1.54) is 16.4 Å². The molecule has 3 nitrogen and oxygen atoms in total. The third-order valence-corrected chi connectivity index (χ3v) is 4.18. The van der Waals surface area contributed by atoms with Gasteiger partial charge in [-0.3, -0.25) is 0 Å². The molecule has 0 fully saturated rings. The molecule has 0 aliphatic rings. The summed E-state index contributed by atoms with van der Waals surface area (Å²) in [6, 6.07) is 4.26. The number of thiophene rings is 1. The molecule has 92 valence electrons. The van der Waals surface area contributed by atoms with Gasteiger partial charge in [0, 0.05) is 28.9 Å². The Labute approximate surface area is 110 Å². The van der Waals surface area contributed by atoms with Gasteiger partial charge in [-0.15, -0.1) is 11.3 Å². The van der Waals surface area contributed by atoms with Crippen LogP contribution in [-0.4, -0.2) is 15.9 Å². The monoisotopic (exact) mass is 267 g/mol. The fourth-order valence-electron chi connectivity index (χ4n) is 1.49. The van der Waals surface area contributed by atoms with Crippen molar-refractivity contribution in [1.82, 2.24) is 9.36 Å². The first-order valence-electron chi connectivity index (χ1n) is 5.81. The Morgan fingerprint density at radius 2 is 2.24 bits per heavy atom. The Hall–Kier alpha value is -0.940. The van der Waals surface area contributed by atoms with E-state index in [4.69, 9.17) is 0 Å². The number of hydrogen-bond donors (Lipinski definition) is 0. The average Bonchev–Trinajstić information content (AvgIpc) is 2.96. The van der Waals surface area contributed by atoms with Crippen molar-refractivity contribution in [1.29, 1.82) is 0 Å². The van der Waals surface area contributed by atoms with E-state index < -0.39 is 0 Å². The molecule has 2 heterocycles. The first-order valence-corrected chi connectivity index (χ1v) is 7.47. The van der Waals surface area contributed by atoms with Crippen LogP contribution in [0.2, 0.25) is 0 Å². The highest BCUT2D eigenvalue weighted by atomic mass is 32.1. The molecule has 0 saturated heterocycles. The minimum absolute atomic E-state index is 0.403. The van der Waals surface area contributed by atoms with Gasteiger partial charge in [-0.2, -0.15) is 4.37 Å². The summed E-state index contributed by atoms with van der Waals surface area (Å²) < 4.78 is 4.41. The van der Waals surface area contributed by atoms with Crippen molar-refractivity contribution in [3.63, 3.8) is 0 Å². The third kappa shape index (κ3) is 3.04. The molecule has 0 spiro atoms. The van der Waals surface area contributed by atoms with Crippen LogP contribution in [0.1, 0.15) is 37.4 Å². The lowest BCUT2D eigenvalue weighted by Gasteiger charge is -2.17. The smallest absolute Gasteiger partial charge is 0.205 e. The van der Waals surface area contributed by atoms with E-state index in [0.717, 1.165) is 24.0 Å². The van der Waals surface area contributed by atoms with E-state index in [-0.39, 0.29) is 0 Å². The molecule has 2 rings (SSSR count). The second-order valence-electron chi connectivity index (χ2n) is 4.18. The topological polar surface area (TPSA) is 29.0 Å². The van der Waals surface area contributed by atoms with Gasteiger partial charge < -0.3 is 4.90 Å². The zero-order valence-electron chi connectivity index (χ0n) is 10.4. The highest BCUT2D eigenvalue weighted by molar-refractivity contribution is 7.10. The summed E-state index contributed by atoms with van der Waals surface area (Å²) in [5.41, 5.74) is 0. The molecule has 2 aromatic rings. The molecule has 5 heteroatoms. The fraction of sp³-hybridized carbons (Fsp3) is 0.500. The van der Waals surface area contributed by atoms with Crippen LogP contribution in [0.4, 0.5) is 5.13 Å². The van der Waals surface area contributed by atoms with Crippen LogP contribution >= 0.6 is 22.9 Å². The van der Waals surface area contributed by atoms with Gasteiger partial charge in [0.1, 0.15) is 5.82 Å². The van der Waals surface area contributed by atoms with Gasteiger partial charge in [0.25, 0.3) is 0 Å². The maximum absolute atomic E-state index is 4.60. The van der Waals surface area contributed by atoms with Crippen LogP contribution in [0.3, 0.4) is 0 Å². The van der Waals surface area contributed by atoms with Gasteiger partial charge in [0.15, 0.2) is 0 Å². The van der Waals surface area contributed by atoms with Crippen molar-refractivity contribution in [2.24, 2.45) is 0 Å². The van der Waals surface area contributed by atoms with Crippen molar-refractivity contribution in [3.05, 3.63) is 28.2 Å². The molecule has 0 aromatic carbocycles. The number of aromatic nitrogens is 2. The molecule has 0 amide bonds. The highest BCUT2D eigenvalue weighted by Crippen LogP contribution is 2.23. The molecule has 0 unspecified atom stereocenters. The first kappa shape index (κ1) is 12.5. The number of rotatable bonds is 5. The van der Waals surface area contributed by atoms with Crippen LogP contribution in [0, 0.1) is 0 Å². The molecule has 0 radical (unpaired) electrons. The quantitative estimate of drug-likeness (QED) is 0.826. The maximum Gasteiger partial charge on any atom is 0.205 e. The van der Waals surface area contributed by atoms with Gasteiger partial charge in [-0.1, -0.05) is 19.9 Å².